The van der Waals surface area contributed by atoms with E-state index in [9.17, 15) is 19.8 Å². The summed E-state index contributed by atoms with van der Waals surface area (Å²) in [7, 11) is 1.69. The fourth-order valence-corrected chi connectivity index (χ4v) is 13.2. The molecule has 1 aromatic rings. The second-order valence-corrected chi connectivity index (χ2v) is 17.3. The van der Waals surface area contributed by atoms with Crippen LogP contribution in [0.5, 0.6) is 0 Å². The highest BCUT2D eigenvalue weighted by Gasteiger charge is 2.84. The van der Waals surface area contributed by atoms with Gasteiger partial charge >= 0.3 is 0 Å². The normalized spacial score (nSPS) is 48.0. The first kappa shape index (κ1) is 31.6. The van der Waals surface area contributed by atoms with Crippen LogP contribution in [-0.4, -0.2) is 64.4 Å². The number of nitrogens with one attached hydrogen (secondary N) is 1. The fourth-order valence-electron chi connectivity index (χ4n) is 13.2. The monoisotopic (exact) mass is 620 g/mol. The number of carbonyl (C=O) groups is 2. The summed E-state index contributed by atoms with van der Waals surface area (Å²) in [6, 6.07) is 9.04. The molecule has 5 aliphatic carbocycles. The van der Waals surface area contributed by atoms with E-state index in [1.165, 1.54) is 24.7 Å². The molecule has 7 nitrogen and oxygen atoms in total. The average Bonchev–Trinajstić information content (AvgIpc) is 3.63. The Labute approximate surface area is 269 Å². The van der Waals surface area contributed by atoms with Crippen molar-refractivity contribution in [1.82, 2.24) is 10.2 Å². The smallest absolute Gasteiger partial charge is 0.245 e. The number of rotatable bonds is 5. The van der Waals surface area contributed by atoms with E-state index in [0.717, 1.165) is 37.7 Å². The number of fused-ring (bicyclic) bond motifs is 4. The number of aliphatic hydroxyl groups is 2. The Kier molecular flexibility index (Phi) is 7.22. The third kappa shape index (κ3) is 4.05. The van der Waals surface area contributed by atoms with Crippen LogP contribution in [0.4, 0.5) is 0 Å². The van der Waals surface area contributed by atoms with Crippen LogP contribution in [0, 0.1) is 50.7 Å². The highest BCUT2D eigenvalue weighted by Crippen LogP contribution is 2.89. The lowest BCUT2D eigenvalue weighted by Gasteiger charge is -2.63. The van der Waals surface area contributed by atoms with Crippen LogP contribution in [0.15, 0.2) is 30.3 Å². The molecule has 6 fully saturated rings. The minimum absolute atomic E-state index is 0.0691. The van der Waals surface area contributed by atoms with Crippen LogP contribution in [0.25, 0.3) is 0 Å². The number of ether oxygens (including phenoxy) is 1. The molecule has 1 saturated heterocycles. The van der Waals surface area contributed by atoms with E-state index < -0.39 is 18.2 Å². The number of carbonyl (C=O) groups excluding carboxylic acids is 2. The molecule has 5 saturated carbocycles. The summed E-state index contributed by atoms with van der Waals surface area (Å²) < 4.78 is 6.96. The van der Waals surface area contributed by atoms with Gasteiger partial charge in [-0.1, -0.05) is 65.0 Å². The van der Waals surface area contributed by atoms with Gasteiger partial charge in [0.05, 0.1) is 24.4 Å². The number of aliphatic hydroxyl groups excluding tert-OH is 2. The summed E-state index contributed by atoms with van der Waals surface area (Å²) in [5.41, 5.74) is 1.10. The lowest BCUT2D eigenvalue weighted by molar-refractivity contribution is -0.183. The van der Waals surface area contributed by atoms with Gasteiger partial charge in [0, 0.05) is 25.9 Å². The summed E-state index contributed by atoms with van der Waals surface area (Å²) in [6.45, 7) is 13.6. The molecule has 4 unspecified atom stereocenters. The van der Waals surface area contributed by atoms with Gasteiger partial charge in [0.25, 0.3) is 0 Å². The summed E-state index contributed by atoms with van der Waals surface area (Å²) >= 11 is 0. The van der Waals surface area contributed by atoms with Gasteiger partial charge in [0.1, 0.15) is 6.04 Å². The third-order valence-electron chi connectivity index (χ3n) is 15.6. The molecule has 6 aliphatic rings. The molecule has 0 aromatic heterocycles. The predicted octanol–water partition coefficient (Wildman–Crippen LogP) is 5.32. The number of nitrogens with zero attached hydrogens (tertiary/aromatic N) is 1. The average molecular weight is 621 g/mol. The molecule has 0 radical (unpaired) electrons. The maximum atomic E-state index is 13.8. The topological polar surface area (TPSA) is 99.1 Å². The van der Waals surface area contributed by atoms with Crippen LogP contribution in [-0.2, 0) is 20.9 Å². The number of benzene rings is 1. The quantitative estimate of drug-likeness (QED) is 0.414. The summed E-state index contributed by atoms with van der Waals surface area (Å²) in [5.74, 6) is 1.00. The Balaban J connectivity index is 1.17. The lowest BCUT2D eigenvalue weighted by atomic mass is 9.41. The Morgan fingerprint density at radius 2 is 1.67 bits per heavy atom. The van der Waals surface area contributed by atoms with Crippen molar-refractivity contribution in [2.45, 2.75) is 130 Å². The van der Waals surface area contributed by atoms with E-state index in [2.05, 4.69) is 39.9 Å². The van der Waals surface area contributed by atoms with Crippen LogP contribution < -0.4 is 5.32 Å². The molecule has 0 bridgehead atoms. The molecule has 1 aromatic carbocycles. The van der Waals surface area contributed by atoms with Crippen LogP contribution in [0.1, 0.15) is 98.5 Å². The van der Waals surface area contributed by atoms with Gasteiger partial charge in [-0.05, 0) is 102 Å². The zero-order valence-corrected chi connectivity index (χ0v) is 28.5. The Bertz CT molecular complexity index is 1350. The second kappa shape index (κ2) is 10.3. The van der Waals surface area contributed by atoms with Crippen molar-refractivity contribution in [1.29, 1.82) is 0 Å². The number of hydrogen-bond acceptors (Lipinski definition) is 5. The first-order valence-electron chi connectivity index (χ1n) is 17.7. The van der Waals surface area contributed by atoms with Gasteiger partial charge in [-0.2, -0.15) is 0 Å². The van der Waals surface area contributed by atoms with Gasteiger partial charge in [-0.15, -0.1) is 0 Å². The van der Waals surface area contributed by atoms with E-state index >= 15 is 0 Å². The molecule has 13 atom stereocenters. The number of amides is 2. The number of likely N-dealkylation sites (N-methyl/N-ethyl adjacent to an activating group) is 1. The Morgan fingerprint density at radius 1 is 1.00 bits per heavy atom. The molecule has 1 aliphatic heterocycles. The summed E-state index contributed by atoms with van der Waals surface area (Å²) in [5, 5.41) is 26.7. The summed E-state index contributed by atoms with van der Waals surface area (Å²) in [6.07, 6.45) is 6.70. The van der Waals surface area contributed by atoms with Crippen molar-refractivity contribution in [3.05, 3.63) is 35.9 Å². The molecular formula is C38H56N2O5. The predicted molar refractivity (Wildman–Crippen MR) is 173 cm³/mol. The molecule has 7 heteroatoms. The summed E-state index contributed by atoms with van der Waals surface area (Å²) in [4.78, 5) is 28.0. The van der Waals surface area contributed by atoms with Crippen molar-refractivity contribution in [3.63, 3.8) is 0 Å². The largest absolute Gasteiger partial charge is 0.393 e. The van der Waals surface area contributed by atoms with Crippen molar-refractivity contribution < 1.29 is 24.5 Å². The van der Waals surface area contributed by atoms with E-state index in [0.29, 0.717) is 24.8 Å². The zero-order valence-electron chi connectivity index (χ0n) is 28.5. The van der Waals surface area contributed by atoms with Crippen molar-refractivity contribution in [2.75, 3.05) is 7.05 Å². The molecule has 2 spiro atoms. The van der Waals surface area contributed by atoms with Gasteiger partial charge in [0.2, 0.25) is 11.8 Å². The van der Waals surface area contributed by atoms with Crippen molar-refractivity contribution in [3.8, 4) is 0 Å². The van der Waals surface area contributed by atoms with E-state index in [4.69, 9.17) is 4.74 Å². The maximum absolute atomic E-state index is 13.8. The van der Waals surface area contributed by atoms with E-state index in [-0.39, 0.29) is 62.9 Å². The molecule has 7 rings (SSSR count). The maximum Gasteiger partial charge on any atom is 0.245 e. The number of hydrogen-bond donors (Lipinski definition) is 3. The van der Waals surface area contributed by atoms with Crippen LogP contribution in [0.3, 0.4) is 0 Å². The molecule has 1 heterocycles. The molecule has 45 heavy (non-hydrogen) atoms. The van der Waals surface area contributed by atoms with Crippen molar-refractivity contribution in [2.24, 2.45) is 50.7 Å². The van der Waals surface area contributed by atoms with Gasteiger partial charge in [0.15, 0.2) is 0 Å². The fraction of sp³-hybridized carbons (Fsp3) is 0.789. The van der Waals surface area contributed by atoms with Gasteiger partial charge in [-0.3, -0.25) is 9.59 Å². The van der Waals surface area contributed by atoms with E-state index in [1.807, 2.05) is 30.3 Å². The van der Waals surface area contributed by atoms with Gasteiger partial charge < -0.3 is 25.2 Å². The van der Waals surface area contributed by atoms with Crippen molar-refractivity contribution >= 4 is 11.8 Å². The van der Waals surface area contributed by atoms with Gasteiger partial charge in [-0.25, -0.2) is 0 Å². The second-order valence-electron chi connectivity index (χ2n) is 17.3. The Morgan fingerprint density at radius 3 is 2.36 bits per heavy atom. The standard InChI is InChI=1S/C38H56N2O5/c1-22-19-25(30(40(7)23(2)41)33(44)39-20-24-11-9-8-10-12-24)45-31-29(22)35(5)17-18-38-21-37(38)16-15-28(42)34(3,4)26(37)13-14-27(38)36(35,6)32(31)43/h8-12,22,25-32,42-43H,13-21H2,1-7H3,(H,39,44)/t22-,25?,26+,27?,28+,29+,30?,31?,32+,35-,36-,37-,38+/m1/s1. The molecular weight excluding hydrogens is 564 g/mol. The highest BCUT2D eigenvalue weighted by atomic mass is 16.5. The Hall–Kier alpha value is -1.96. The zero-order chi connectivity index (χ0) is 32.3. The van der Waals surface area contributed by atoms with Crippen LogP contribution in [0.2, 0.25) is 0 Å². The molecule has 3 N–H and O–H groups in total. The SMILES string of the molecule is CC(=O)N(C)C(C(=O)NCc1ccccc1)C1C[C@@H](C)[C@H]2C(O1)[C@H](O)[C@@]1(C)C3CC[C@H]4C(C)(C)[C@@H](O)CC[C@@]45C[C@@]35CC[C@]21C. The van der Waals surface area contributed by atoms with Crippen LogP contribution >= 0.6 is 0 Å². The van der Waals surface area contributed by atoms with E-state index in [1.54, 1.807) is 7.05 Å². The lowest BCUT2D eigenvalue weighted by Crippen LogP contribution is -2.59. The minimum Gasteiger partial charge on any atom is -0.393 e. The highest BCUT2D eigenvalue weighted by molar-refractivity contribution is 5.87. The first-order valence-corrected chi connectivity index (χ1v) is 17.7. The first-order chi connectivity index (χ1) is 21.2. The third-order valence-corrected chi connectivity index (χ3v) is 15.6. The molecule has 248 valence electrons. The molecule has 2 amide bonds. The minimum atomic E-state index is -0.769.